The number of aliphatic carboxylic acids is 1. The number of ether oxygens (including phenoxy) is 1. The number of carboxylic acids is 1. The van der Waals surface area contributed by atoms with Gasteiger partial charge in [-0.05, 0) is 13.0 Å². The van der Waals surface area contributed by atoms with Gasteiger partial charge in [0.15, 0.2) is 6.61 Å². The lowest BCUT2D eigenvalue weighted by atomic mass is 10.1. The van der Waals surface area contributed by atoms with E-state index in [2.05, 4.69) is 0 Å². The van der Waals surface area contributed by atoms with Gasteiger partial charge in [-0.15, -0.1) is 0 Å². The predicted octanol–water partition coefficient (Wildman–Crippen LogP) is 1.17. The molecule has 0 saturated heterocycles. The minimum Gasteiger partial charge on any atom is -0.483 e. The molecule has 1 aromatic rings. The van der Waals surface area contributed by atoms with Crippen molar-refractivity contribution in [3.8, 4) is 5.75 Å². The number of benzene rings is 1. The van der Waals surface area contributed by atoms with Crippen molar-refractivity contribution in [2.45, 2.75) is 13.3 Å². The highest BCUT2D eigenvalue weighted by molar-refractivity contribution is 5.77. The van der Waals surface area contributed by atoms with Crippen LogP contribution in [0.15, 0.2) is 24.3 Å². The fourth-order valence-electron chi connectivity index (χ4n) is 1.38. The Morgan fingerprint density at radius 1 is 1.33 bits per heavy atom. The second-order valence-corrected chi connectivity index (χ2v) is 3.87. The first-order valence-corrected chi connectivity index (χ1v) is 5.71. The summed E-state index contributed by atoms with van der Waals surface area (Å²) in [5.41, 5.74) is 0.567. The van der Waals surface area contributed by atoms with Gasteiger partial charge in [0.1, 0.15) is 5.75 Å². The van der Waals surface area contributed by atoms with Crippen LogP contribution in [0.5, 0.6) is 5.75 Å². The first kappa shape index (κ1) is 14.0. The van der Waals surface area contributed by atoms with Crippen LogP contribution in [0, 0.1) is 0 Å². The summed E-state index contributed by atoms with van der Waals surface area (Å²) >= 11 is 0. The minimum atomic E-state index is -0.928. The minimum absolute atomic E-state index is 0.0824. The summed E-state index contributed by atoms with van der Waals surface area (Å²) < 4.78 is 5.37. The number of nitrogens with zero attached hydrogens (tertiary/aromatic N) is 1. The molecule has 0 spiro atoms. The van der Waals surface area contributed by atoms with Gasteiger partial charge in [0.05, 0.1) is 6.42 Å². The summed E-state index contributed by atoms with van der Waals surface area (Å²) in [5, 5.41) is 8.76. The molecule has 0 atom stereocenters. The van der Waals surface area contributed by atoms with Crippen molar-refractivity contribution in [3.05, 3.63) is 29.8 Å². The topological polar surface area (TPSA) is 66.8 Å². The molecule has 0 radical (unpaired) electrons. The van der Waals surface area contributed by atoms with Crippen molar-refractivity contribution < 1.29 is 19.4 Å². The molecule has 5 heteroatoms. The van der Waals surface area contributed by atoms with E-state index in [0.717, 1.165) is 0 Å². The molecule has 1 aromatic carbocycles. The van der Waals surface area contributed by atoms with Crippen LogP contribution in [-0.4, -0.2) is 42.1 Å². The lowest BCUT2D eigenvalue weighted by Gasteiger charge is -2.15. The summed E-state index contributed by atoms with van der Waals surface area (Å²) in [6.07, 6.45) is -0.117. The van der Waals surface area contributed by atoms with Crippen LogP contribution < -0.4 is 4.74 Å². The van der Waals surface area contributed by atoms with Crippen molar-refractivity contribution in [3.63, 3.8) is 0 Å². The maximum Gasteiger partial charge on any atom is 0.307 e. The van der Waals surface area contributed by atoms with Gasteiger partial charge in [-0.25, -0.2) is 0 Å². The Kier molecular flexibility index (Phi) is 5.17. The summed E-state index contributed by atoms with van der Waals surface area (Å²) in [5.74, 6) is -0.622. The Morgan fingerprint density at radius 3 is 2.61 bits per heavy atom. The molecule has 0 aliphatic carbocycles. The quantitative estimate of drug-likeness (QED) is 0.824. The molecule has 0 bridgehead atoms. The molecular formula is C13H17NO4. The lowest BCUT2D eigenvalue weighted by Crippen LogP contribution is -2.31. The third-order valence-corrected chi connectivity index (χ3v) is 2.57. The van der Waals surface area contributed by atoms with Crippen LogP contribution in [0.4, 0.5) is 0 Å². The number of carboxylic acid groups (broad SMARTS) is 1. The summed E-state index contributed by atoms with van der Waals surface area (Å²) in [4.78, 5) is 23.8. The van der Waals surface area contributed by atoms with Gasteiger partial charge in [-0.1, -0.05) is 18.2 Å². The van der Waals surface area contributed by atoms with E-state index in [0.29, 0.717) is 17.9 Å². The van der Waals surface area contributed by atoms with E-state index in [1.54, 1.807) is 36.2 Å². The zero-order valence-electron chi connectivity index (χ0n) is 10.5. The third kappa shape index (κ3) is 4.08. The van der Waals surface area contributed by atoms with Crippen molar-refractivity contribution in [1.29, 1.82) is 0 Å². The summed E-state index contributed by atoms with van der Waals surface area (Å²) in [7, 11) is 1.69. The lowest BCUT2D eigenvalue weighted by molar-refractivity contribution is -0.136. The molecule has 0 saturated carbocycles. The molecule has 1 N–H and O–H groups in total. The second-order valence-electron chi connectivity index (χ2n) is 3.87. The van der Waals surface area contributed by atoms with Gasteiger partial charge >= 0.3 is 5.97 Å². The molecule has 0 fully saturated rings. The second kappa shape index (κ2) is 6.64. The van der Waals surface area contributed by atoms with E-state index < -0.39 is 5.97 Å². The fourth-order valence-corrected chi connectivity index (χ4v) is 1.38. The van der Waals surface area contributed by atoms with Crippen LogP contribution >= 0.6 is 0 Å². The van der Waals surface area contributed by atoms with E-state index in [-0.39, 0.29) is 18.9 Å². The molecule has 0 aliphatic heterocycles. The molecule has 1 amide bonds. The van der Waals surface area contributed by atoms with Crippen LogP contribution in [0.2, 0.25) is 0 Å². The molecule has 1 rings (SSSR count). The van der Waals surface area contributed by atoms with Gasteiger partial charge in [-0.3, -0.25) is 9.59 Å². The number of carbonyl (C=O) groups is 2. The van der Waals surface area contributed by atoms with Crippen molar-refractivity contribution in [2.75, 3.05) is 20.2 Å². The predicted molar refractivity (Wildman–Crippen MR) is 66.6 cm³/mol. The number of rotatable bonds is 6. The zero-order valence-corrected chi connectivity index (χ0v) is 10.5. The van der Waals surface area contributed by atoms with Gasteiger partial charge in [0, 0.05) is 19.2 Å². The molecule has 0 unspecified atom stereocenters. The number of para-hydroxylation sites is 1. The SMILES string of the molecule is CCN(C)C(=O)COc1ccccc1CC(=O)O. The number of hydrogen-bond donors (Lipinski definition) is 1. The van der Waals surface area contributed by atoms with E-state index in [1.165, 1.54) is 0 Å². The van der Waals surface area contributed by atoms with Gasteiger partial charge in [0.25, 0.3) is 5.91 Å². The fraction of sp³-hybridized carbons (Fsp3) is 0.385. The molecule has 98 valence electrons. The van der Waals surface area contributed by atoms with Crippen LogP contribution in [0.25, 0.3) is 0 Å². The maximum absolute atomic E-state index is 11.6. The Morgan fingerprint density at radius 2 is 2.00 bits per heavy atom. The Hall–Kier alpha value is -2.04. The standard InChI is InChI=1S/C13H17NO4/c1-3-14(2)12(15)9-18-11-7-5-4-6-10(11)8-13(16)17/h4-7H,3,8-9H2,1-2H3,(H,16,17). The molecule has 0 aliphatic rings. The van der Waals surface area contributed by atoms with E-state index in [4.69, 9.17) is 9.84 Å². The zero-order chi connectivity index (χ0) is 13.5. The monoisotopic (exact) mass is 251 g/mol. The average Bonchev–Trinajstić information content (AvgIpc) is 2.35. The molecular weight excluding hydrogens is 234 g/mol. The van der Waals surface area contributed by atoms with Gasteiger partial charge in [0.2, 0.25) is 0 Å². The van der Waals surface area contributed by atoms with Crippen LogP contribution in [0.3, 0.4) is 0 Å². The first-order valence-electron chi connectivity index (χ1n) is 5.71. The highest BCUT2D eigenvalue weighted by Gasteiger charge is 2.11. The molecule has 5 nitrogen and oxygen atoms in total. The normalized spacial score (nSPS) is 9.89. The van der Waals surface area contributed by atoms with Crippen molar-refractivity contribution in [2.24, 2.45) is 0 Å². The van der Waals surface area contributed by atoms with Crippen molar-refractivity contribution in [1.82, 2.24) is 4.90 Å². The Labute approximate surface area is 106 Å². The largest absolute Gasteiger partial charge is 0.483 e. The van der Waals surface area contributed by atoms with Gasteiger partial charge < -0.3 is 14.7 Å². The van der Waals surface area contributed by atoms with Crippen LogP contribution in [0.1, 0.15) is 12.5 Å². The van der Waals surface area contributed by atoms with E-state index in [1.807, 2.05) is 6.92 Å². The Bertz CT molecular complexity index is 431. The number of carbonyl (C=O) groups excluding carboxylic acids is 1. The van der Waals surface area contributed by atoms with E-state index >= 15 is 0 Å². The average molecular weight is 251 g/mol. The highest BCUT2D eigenvalue weighted by atomic mass is 16.5. The van der Waals surface area contributed by atoms with Crippen LogP contribution in [-0.2, 0) is 16.0 Å². The molecule has 18 heavy (non-hydrogen) atoms. The first-order chi connectivity index (χ1) is 8.54. The Balaban J connectivity index is 2.67. The molecule has 0 aromatic heterocycles. The highest BCUT2D eigenvalue weighted by Crippen LogP contribution is 2.18. The summed E-state index contributed by atoms with van der Waals surface area (Å²) in [6.45, 7) is 2.40. The smallest absolute Gasteiger partial charge is 0.307 e. The van der Waals surface area contributed by atoms with Gasteiger partial charge in [-0.2, -0.15) is 0 Å². The number of amides is 1. The summed E-state index contributed by atoms with van der Waals surface area (Å²) in [6, 6.07) is 6.83. The van der Waals surface area contributed by atoms with E-state index in [9.17, 15) is 9.59 Å². The maximum atomic E-state index is 11.6. The molecule has 0 heterocycles. The third-order valence-electron chi connectivity index (χ3n) is 2.57. The number of likely N-dealkylation sites (N-methyl/N-ethyl adjacent to an activating group) is 1. The number of hydrogen-bond acceptors (Lipinski definition) is 3. The van der Waals surface area contributed by atoms with Crippen molar-refractivity contribution >= 4 is 11.9 Å².